The molecule has 2 aliphatic rings. The van der Waals surface area contributed by atoms with Gasteiger partial charge in [0.1, 0.15) is 5.76 Å². The van der Waals surface area contributed by atoms with Gasteiger partial charge in [0.15, 0.2) is 0 Å². The van der Waals surface area contributed by atoms with Crippen LogP contribution in [0.2, 0.25) is 0 Å². The van der Waals surface area contributed by atoms with Crippen molar-refractivity contribution in [1.29, 1.82) is 0 Å². The van der Waals surface area contributed by atoms with Gasteiger partial charge >= 0.3 is 0 Å². The second-order valence-electron chi connectivity index (χ2n) is 5.65. The fourth-order valence-electron chi connectivity index (χ4n) is 3.34. The second kappa shape index (κ2) is 5.29. The Bertz CT molecular complexity index is 554. The molecule has 1 aromatic rings. The summed E-state index contributed by atoms with van der Waals surface area (Å²) in [7, 11) is 0. The van der Waals surface area contributed by atoms with Crippen molar-refractivity contribution < 1.29 is 10.2 Å². The number of allylic oxidation sites excluding steroid dienone is 5. The van der Waals surface area contributed by atoms with Crippen molar-refractivity contribution in [3.05, 3.63) is 71.5 Å². The van der Waals surface area contributed by atoms with Crippen LogP contribution < -0.4 is 0 Å². The first kappa shape index (κ1) is 13.2. The van der Waals surface area contributed by atoms with Crippen molar-refractivity contribution in [2.45, 2.75) is 31.3 Å². The van der Waals surface area contributed by atoms with Crippen LogP contribution in [0.3, 0.4) is 0 Å². The molecule has 0 aliphatic heterocycles. The van der Waals surface area contributed by atoms with Crippen LogP contribution in [-0.2, 0) is 5.60 Å². The van der Waals surface area contributed by atoms with Crippen LogP contribution >= 0.6 is 0 Å². The molecule has 0 saturated heterocycles. The molecule has 0 aromatic heterocycles. The normalized spacial score (nSPS) is 28.9. The van der Waals surface area contributed by atoms with Gasteiger partial charge in [-0.05, 0) is 18.4 Å². The number of hydrogen-bond donors (Lipinski definition) is 2. The van der Waals surface area contributed by atoms with Crippen molar-refractivity contribution in [3.63, 3.8) is 0 Å². The maximum atomic E-state index is 11.2. The van der Waals surface area contributed by atoms with E-state index < -0.39 is 5.60 Å². The van der Waals surface area contributed by atoms with Gasteiger partial charge in [0.2, 0.25) is 0 Å². The van der Waals surface area contributed by atoms with E-state index in [1.54, 1.807) is 0 Å². The van der Waals surface area contributed by atoms with E-state index in [0.29, 0.717) is 12.2 Å². The highest BCUT2D eigenvalue weighted by atomic mass is 16.3. The predicted molar refractivity (Wildman–Crippen MR) is 80.2 cm³/mol. The van der Waals surface area contributed by atoms with E-state index in [2.05, 4.69) is 0 Å². The Kier molecular flexibility index (Phi) is 3.49. The summed E-state index contributed by atoms with van der Waals surface area (Å²) >= 11 is 0. The van der Waals surface area contributed by atoms with Gasteiger partial charge in [-0.2, -0.15) is 0 Å². The maximum absolute atomic E-state index is 11.2. The molecule has 0 amide bonds. The maximum Gasteiger partial charge on any atom is 0.106 e. The first-order chi connectivity index (χ1) is 9.72. The van der Waals surface area contributed by atoms with Gasteiger partial charge in [0.05, 0.1) is 5.60 Å². The van der Waals surface area contributed by atoms with E-state index in [4.69, 9.17) is 0 Å². The highest BCUT2D eigenvalue weighted by Gasteiger charge is 2.43. The molecule has 104 valence electrons. The highest BCUT2D eigenvalue weighted by Crippen LogP contribution is 2.45. The molecular formula is C18H20O2. The van der Waals surface area contributed by atoms with Crippen LogP contribution in [0.15, 0.2) is 66.0 Å². The third kappa shape index (κ3) is 2.20. The van der Waals surface area contributed by atoms with Crippen molar-refractivity contribution in [2.24, 2.45) is 5.92 Å². The van der Waals surface area contributed by atoms with Gasteiger partial charge in [-0.25, -0.2) is 0 Å². The average Bonchev–Trinajstić information content (AvgIpc) is 3.02. The van der Waals surface area contributed by atoms with Crippen LogP contribution in [0.1, 0.15) is 31.2 Å². The van der Waals surface area contributed by atoms with Gasteiger partial charge in [-0.15, -0.1) is 0 Å². The summed E-state index contributed by atoms with van der Waals surface area (Å²) in [5.74, 6) is 0.0992. The fourth-order valence-corrected chi connectivity index (χ4v) is 3.34. The Balaban J connectivity index is 2.02. The predicted octanol–water partition coefficient (Wildman–Crippen LogP) is 4.00. The molecule has 20 heavy (non-hydrogen) atoms. The highest BCUT2D eigenvalue weighted by molar-refractivity contribution is 5.43. The molecule has 2 unspecified atom stereocenters. The molecule has 0 spiro atoms. The van der Waals surface area contributed by atoms with Crippen molar-refractivity contribution in [1.82, 2.24) is 0 Å². The topological polar surface area (TPSA) is 40.5 Å². The number of aliphatic hydroxyl groups excluding tert-OH is 1. The molecule has 2 aliphatic carbocycles. The Morgan fingerprint density at radius 2 is 1.75 bits per heavy atom. The number of aliphatic hydroxyl groups is 2. The first-order valence-electron chi connectivity index (χ1n) is 7.27. The minimum atomic E-state index is -0.957. The summed E-state index contributed by atoms with van der Waals surface area (Å²) in [6, 6.07) is 9.75. The van der Waals surface area contributed by atoms with Crippen LogP contribution in [-0.4, -0.2) is 10.2 Å². The Morgan fingerprint density at radius 1 is 1.05 bits per heavy atom. The van der Waals surface area contributed by atoms with Gasteiger partial charge < -0.3 is 10.2 Å². The smallest absolute Gasteiger partial charge is 0.106 e. The van der Waals surface area contributed by atoms with Crippen molar-refractivity contribution in [3.8, 4) is 0 Å². The van der Waals surface area contributed by atoms with Gasteiger partial charge in [0, 0.05) is 11.5 Å². The van der Waals surface area contributed by atoms with Gasteiger partial charge in [-0.1, -0.05) is 67.5 Å². The quantitative estimate of drug-likeness (QED) is 0.796. The second-order valence-corrected chi connectivity index (χ2v) is 5.65. The van der Waals surface area contributed by atoms with E-state index >= 15 is 0 Å². The molecular weight excluding hydrogens is 248 g/mol. The summed E-state index contributed by atoms with van der Waals surface area (Å²) in [5.41, 5.74) is 0.773. The third-order valence-electron chi connectivity index (χ3n) is 4.44. The lowest BCUT2D eigenvalue weighted by atomic mass is 9.70. The fraction of sp³-hybridized carbons (Fsp3) is 0.333. The monoisotopic (exact) mass is 268 g/mol. The summed E-state index contributed by atoms with van der Waals surface area (Å²) in [5, 5.41) is 21.8. The van der Waals surface area contributed by atoms with Crippen LogP contribution in [0.25, 0.3) is 0 Å². The number of benzene rings is 1. The molecule has 2 heteroatoms. The molecule has 0 heterocycles. The number of rotatable bonds is 2. The molecule has 2 nitrogen and oxygen atoms in total. The lowest BCUT2D eigenvalue weighted by molar-refractivity contribution is -0.0531. The molecule has 3 rings (SSSR count). The number of hydrogen-bond acceptors (Lipinski definition) is 2. The lowest BCUT2D eigenvalue weighted by Gasteiger charge is -2.40. The molecule has 0 bridgehead atoms. The lowest BCUT2D eigenvalue weighted by Crippen LogP contribution is -2.39. The van der Waals surface area contributed by atoms with Gasteiger partial charge in [0.25, 0.3) is 0 Å². The average molecular weight is 268 g/mol. The van der Waals surface area contributed by atoms with E-state index in [1.165, 1.54) is 0 Å². The van der Waals surface area contributed by atoms with Crippen molar-refractivity contribution in [2.75, 3.05) is 0 Å². The summed E-state index contributed by atoms with van der Waals surface area (Å²) < 4.78 is 0. The first-order valence-corrected chi connectivity index (χ1v) is 7.27. The zero-order valence-electron chi connectivity index (χ0n) is 11.5. The van der Waals surface area contributed by atoms with Gasteiger partial charge in [-0.3, -0.25) is 0 Å². The summed E-state index contributed by atoms with van der Waals surface area (Å²) in [4.78, 5) is 0. The minimum absolute atomic E-state index is 0.221. The zero-order valence-corrected chi connectivity index (χ0v) is 11.5. The molecule has 2 N–H and O–H groups in total. The Labute approximate surface area is 119 Å². The third-order valence-corrected chi connectivity index (χ3v) is 4.44. The van der Waals surface area contributed by atoms with Crippen LogP contribution in [0, 0.1) is 5.92 Å². The SMILES string of the molecule is OC(=C1C=CC=C1)C1CCCCC1(O)c1ccccc1. The van der Waals surface area contributed by atoms with E-state index in [0.717, 1.165) is 30.4 Å². The standard InChI is InChI=1S/C18H20O2/c19-17(14-8-4-5-9-14)16-12-6-7-13-18(16,20)15-10-2-1-3-11-15/h1-5,8-11,16,19-20H,6-7,12-13H2. The Morgan fingerprint density at radius 3 is 2.45 bits per heavy atom. The van der Waals surface area contributed by atoms with Crippen LogP contribution in [0.4, 0.5) is 0 Å². The Hall–Kier alpha value is -1.80. The molecule has 2 atom stereocenters. The summed E-state index contributed by atoms with van der Waals surface area (Å²) in [6.07, 6.45) is 11.2. The molecule has 0 radical (unpaired) electrons. The zero-order chi connectivity index (χ0) is 14.0. The molecule has 1 fully saturated rings. The van der Waals surface area contributed by atoms with E-state index in [-0.39, 0.29) is 5.92 Å². The van der Waals surface area contributed by atoms with Crippen molar-refractivity contribution >= 4 is 0 Å². The molecule has 1 saturated carbocycles. The van der Waals surface area contributed by atoms with E-state index in [1.807, 2.05) is 54.6 Å². The van der Waals surface area contributed by atoms with E-state index in [9.17, 15) is 10.2 Å². The molecule has 1 aromatic carbocycles. The largest absolute Gasteiger partial charge is 0.511 e. The summed E-state index contributed by atoms with van der Waals surface area (Å²) in [6.45, 7) is 0. The van der Waals surface area contributed by atoms with Crippen LogP contribution in [0.5, 0.6) is 0 Å². The minimum Gasteiger partial charge on any atom is -0.511 e.